The van der Waals surface area contributed by atoms with E-state index in [4.69, 9.17) is 4.98 Å². The largest absolute Gasteiger partial charge is 0.257 e. The number of hydrogen-bond acceptors (Lipinski definition) is 5. The zero-order chi connectivity index (χ0) is 14.8. The molecule has 0 radical (unpaired) electrons. The quantitative estimate of drug-likeness (QED) is 0.665. The molecule has 3 heterocycles. The van der Waals surface area contributed by atoms with Gasteiger partial charge in [-0.3, -0.25) is 4.40 Å². The molecular formula is C16H18N4S2. The summed E-state index contributed by atoms with van der Waals surface area (Å²) in [4.78, 5) is 7.79. The van der Waals surface area contributed by atoms with Crippen molar-refractivity contribution in [3.63, 3.8) is 0 Å². The molecular weight excluding hydrogens is 312 g/mol. The normalized spacial score (nSPS) is 21.6. The minimum atomic E-state index is 0.604. The monoisotopic (exact) mass is 330 g/mol. The van der Waals surface area contributed by atoms with E-state index in [1.165, 1.54) is 52.2 Å². The molecule has 0 aromatic carbocycles. The number of thiophene rings is 1. The molecule has 0 N–H and O–H groups in total. The Kier molecular flexibility index (Phi) is 2.83. The lowest BCUT2D eigenvalue weighted by Crippen LogP contribution is -2.09. The van der Waals surface area contributed by atoms with E-state index in [-0.39, 0.29) is 0 Å². The van der Waals surface area contributed by atoms with E-state index in [9.17, 15) is 0 Å². The molecule has 0 saturated heterocycles. The van der Waals surface area contributed by atoms with Crippen LogP contribution in [0.2, 0.25) is 0 Å². The lowest BCUT2D eigenvalue weighted by molar-refractivity contribution is 0.509. The van der Waals surface area contributed by atoms with Crippen molar-refractivity contribution in [2.75, 3.05) is 6.26 Å². The number of thioether (sulfide) groups is 1. The summed E-state index contributed by atoms with van der Waals surface area (Å²) in [5.41, 5.74) is 2.54. The van der Waals surface area contributed by atoms with Gasteiger partial charge in [-0.2, -0.15) is 0 Å². The third kappa shape index (κ3) is 1.80. The van der Waals surface area contributed by atoms with E-state index in [0.29, 0.717) is 5.92 Å². The number of rotatable bonds is 2. The molecule has 0 amide bonds. The van der Waals surface area contributed by atoms with Gasteiger partial charge in [-0.25, -0.2) is 4.98 Å². The Morgan fingerprint density at radius 2 is 2.09 bits per heavy atom. The second-order valence-corrected chi connectivity index (χ2v) is 8.48. The first kappa shape index (κ1) is 13.3. The smallest absolute Gasteiger partial charge is 0.196 e. The maximum atomic E-state index is 5.06. The van der Waals surface area contributed by atoms with Gasteiger partial charge in [0.25, 0.3) is 0 Å². The van der Waals surface area contributed by atoms with Crippen LogP contribution in [0.15, 0.2) is 5.16 Å². The van der Waals surface area contributed by atoms with Gasteiger partial charge in [-0.15, -0.1) is 21.5 Å². The molecule has 3 aromatic rings. The topological polar surface area (TPSA) is 43.1 Å². The van der Waals surface area contributed by atoms with Gasteiger partial charge in [-0.05, 0) is 49.8 Å². The molecule has 2 aliphatic rings. The van der Waals surface area contributed by atoms with Gasteiger partial charge in [0, 0.05) is 10.8 Å². The van der Waals surface area contributed by atoms with Gasteiger partial charge in [0.05, 0.1) is 5.39 Å². The van der Waals surface area contributed by atoms with Crippen molar-refractivity contribution in [1.82, 2.24) is 19.6 Å². The van der Waals surface area contributed by atoms with Crippen LogP contribution < -0.4 is 0 Å². The summed E-state index contributed by atoms with van der Waals surface area (Å²) >= 11 is 3.56. The first-order valence-corrected chi connectivity index (χ1v) is 10.0. The highest BCUT2D eigenvalue weighted by atomic mass is 32.2. The number of aromatic nitrogens is 4. The van der Waals surface area contributed by atoms with E-state index in [0.717, 1.165) is 23.1 Å². The van der Waals surface area contributed by atoms with Crippen molar-refractivity contribution in [2.24, 2.45) is 5.92 Å². The van der Waals surface area contributed by atoms with E-state index in [1.54, 1.807) is 11.8 Å². The Bertz CT molecular complexity index is 891. The predicted molar refractivity (Wildman–Crippen MR) is 91.1 cm³/mol. The highest BCUT2D eigenvalue weighted by molar-refractivity contribution is 7.98. The summed E-state index contributed by atoms with van der Waals surface area (Å²) in [7, 11) is 0. The molecule has 3 aromatic heterocycles. The van der Waals surface area contributed by atoms with Crippen LogP contribution in [0.1, 0.15) is 48.4 Å². The van der Waals surface area contributed by atoms with Crippen LogP contribution in [0.3, 0.4) is 0 Å². The van der Waals surface area contributed by atoms with Gasteiger partial charge < -0.3 is 0 Å². The third-order valence-corrected chi connectivity index (χ3v) is 6.70. The second kappa shape index (κ2) is 4.68. The first-order valence-electron chi connectivity index (χ1n) is 7.99. The van der Waals surface area contributed by atoms with E-state index in [2.05, 4.69) is 27.8 Å². The van der Waals surface area contributed by atoms with Gasteiger partial charge in [-0.1, -0.05) is 18.7 Å². The Balaban J connectivity index is 1.88. The van der Waals surface area contributed by atoms with E-state index >= 15 is 0 Å². The Labute approximate surface area is 137 Å². The highest BCUT2D eigenvalue weighted by Crippen LogP contribution is 2.44. The predicted octanol–water partition coefficient (Wildman–Crippen LogP) is 4.06. The minimum Gasteiger partial charge on any atom is -0.257 e. The SMILES string of the molecule is CSc1nnc2c3c4c(sc3nc(C3CC3)n12)C[C@@H](C)CC4. The Morgan fingerprint density at radius 1 is 1.23 bits per heavy atom. The lowest BCUT2D eigenvalue weighted by atomic mass is 9.89. The van der Waals surface area contributed by atoms with Crippen molar-refractivity contribution >= 4 is 39.0 Å². The maximum absolute atomic E-state index is 5.06. The van der Waals surface area contributed by atoms with Crippen molar-refractivity contribution in [3.8, 4) is 0 Å². The standard InChI is InChI=1S/C16H18N4S2/c1-8-3-6-10-11(7-8)22-15-12(10)14-18-19-16(21-2)20(14)13(17-15)9-4-5-9/h8-9H,3-7H2,1-2H3/t8-/m0/s1. The third-order valence-electron chi connectivity index (χ3n) is 4.92. The number of aryl methyl sites for hydroxylation is 1. The summed E-state index contributed by atoms with van der Waals surface area (Å²) in [6, 6.07) is 0. The van der Waals surface area contributed by atoms with Crippen LogP contribution in [-0.4, -0.2) is 25.8 Å². The summed E-state index contributed by atoms with van der Waals surface area (Å²) in [6.07, 6.45) is 8.22. The highest BCUT2D eigenvalue weighted by Gasteiger charge is 2.32. The average molecular weight is 330 g/mol. The van der Waals surface area contributed by atoms with Gasteiger partial charge in [0.1, 0.15) is 10.7 Å². The molecule has 2 aliphatic carbocycles. The summed E-state index contributed by atoms with van der Waals surface area (Å²) in [6.45, 7) is 2.36. The van der Waals surface area contributed by atoms with Crippen LogP contribution in [0, 0.1) is 5.92 Å². The molecule has 0 unspecified atom stereocenters. The van der Waals surface area contributed by atoms with E-state index in [1.807, 2.05) is 11.3 Å². The zero-order valence-electron chi connectivity index (χ0n) is 12.8. The number of nitrogens with zero attached hydrogens (tertiary/aromatic N) is 4. The molecule has 0 bridgehead atoms. The van der Waals surface area contributed by atoms with Gasteiger partial charge >= 0.3 is 0 Å². The molecule has 1 atom stereocenters. The lowest BCUT2D eigenvalue weighted by Gasteiger charge is -2.17. The second-order valence-electron chi connectivity index (χ2n) is 6.62. The van der Waals surface area contributed by atoms with E-state index < -0.39 is 0 Å². The fourth-order valence-corrected chi connectivity index (χ4v) is 5.46. The number of fused-ring (bicyclic) bond motifs is 5. The fraction of sp³-hybridized carbons (Fsp3) is 0.562. The van der Waals surface area contributed by atoms with Crippen LogP contribution in [0.4, 0.5) is 0 Å². The van der Waals surface area contributed by atoms with Crippen LogP contribution in [-0.2, 0) is 12.8 Å². The molecule has 1 fully saturated rings. The molecule has 4 nitrogen and oxygen atoms in total. The van der Waals surface area contributed by atoms with Crippen molar-refractivity contribution in [1.29, 1.82) is 0 Å². The molecule has 5 rings (SSSR count). The summed E-state index contributed by atoms with van der Waals surface area (Å²) < 4.78 is 2.23. The van der Waals surface area contributed by atoms with Gasteiger partial charge in [0.2, 0.25) is 0 Å². The van der Waals surface area contributed by atoms with Crippen molar-refractivity contribution < 1.29 is 0 Å². The maximum Gasteiger partial charge on any atom is 0.196 e. The summed E-state index contributed by atoms with van der Waals surface area (Å²) in [5, 5.41) is 11.2. The van der Waals surface area contributed by atoms with Gasteiger partial charge in [0.15, 0.2) is 10.8 Å². The Hall–Kier alpha value is -1.14. The average Bonchev–Trinajstić information content (AvgIpc) is 3.17. The van der Waals surface area contributed by atoms with Crippen molar-refractivity contribution in [2.45, 2.75) is 50.1 Å². The molecule has 22 heavy (non-hydrogen) atoms. The van der Waals surface area contributed by atoms with Crippen LogP contribution >= 0.6 is 23.1 Å². The first-order chi connectivity index (χ1) is 10.8. The van der Waals surface area contributed by atoms with Crippen LogP contribution in [0.25, 0.3) is 15.9 Å². The molecule has 0 aliphatic heterocycles. The molecule has 6 heteroatoms. The fourth-order valence-electron chi connectivity index (χ4n) is 3.59. The summed E-state index contributed by atoms with van der Waals surface area (Å²) in [5.74, 6) is 2.58. The zero-order valence-corrected chi connectivity index (χ0v) is 14.4. The molecule has 114 valence electrons. The number of hydrogen-bond donors (Lipinski definition) is 0. The van der Waals surface area contributed by atoms with Crippen LogP contribution in [0.5, 0.6) is 0 Å². The molecule has 1 saturated carbocycles. The van der Waals surface area contributed by atoms with Crippen molar-refractivity contribution in [3.05, 3.63) is 16.3 Å². The Morgan fingerprint density at radius 3 is 2.86 bits per heavy atom. The molecule has 0 spiro atoms. The minimum absolute atomic E-state index is 0.604.